The highest BCUT2D eigenvalue weighted by Gasteiger charge is 2.25. The standard InChI is InChI=1S/C62H40N2O2S2/c1-5-17-41(18-6-1)63(43-29-33-47(34-30-43)67-45-21-9-3-10-22-45)53-39-57-59(51-27-15-13-25-49(51)53)61-55(65-57)37-38-56-62(61)60-52-28-16-14-26-50(52)54(40-58(60)66-56)64(42-19-7-2-8-20-42)44-31-35-48(36-32-44)68-46-23-11-4-12-24-46/h1-40H. The number of hydrogen-bond acceptors (Lipinski definition) is 6. The summed E-state index contributed by atoms with van der Waals surface area (Å²) in [6.07, 6.45) is 0. The van der Waals surface area contributed by atoms with Crippen molar-refractivity contribution in [3.63, 3.8) is 0 Å². The Hall–Kier alpha value is -8.16. The molecule has 0 amide bonds. The second kappa shape index (κ2) is 16.9. The molecule has 0 spiro atoms. The molecular weight excluding hydrogens is 869 g/mol. The van der Waals surface area contributed by atoms with E-state index in [9.17, 15) is 0 Å². The third-order valence-electron chi connectivity index (χ3n) is 12.7. The SMILES string of the molecule is c1ccc(Sc2ccc(N(c3ccccc3)c3cc4oc5ccc6oc7cc(N(c8ccccc8)c8ccc(Sc9ccccc9)cc8)c8ccccc8c7c6c5c4c4ccccc34)cc2)cc1. The van der Waals surface area contributed by atoms with Gasteiger partial charge in [-0.05, 0) is 120 Å². The van der Waals surface area contributed by atoms with Gasteiger partial charge in [0.15, 0.2) is 0 Å². The monoisotopic (exact) mass is 908 g/mol. The Morgan fingerprint density at radius 2 is 0.559 bits per heavy atom. The fraction of sp³-hybridized carbons (Fsp3) is 0. The van der Waals surface area contributed by atoms with Gasteiger partial charge in [-0.15, -0.1) is 0 Å². The lowest BCUT2D eigenvalue weighted by Crippen LogP contribution is -2.10. The van der Waals surface area contributed by atoms with Gasteiger partial charge in [-0.2, -0.15) is 0 Å². The highest BCUT2D eigenvalue weighted by molar-refractivity contribution is 7.99. The van der Waals surface area contributed by atoms with Gasteiger partial charge in [-0.3, -0.25) is 0 Å². The molecule has 0 aliphatic rings. The van der Waals surface area contributed by atoms with Crippen molar-refractivity contribution in [2.75, 3.05) is 9.80 Å². The maximum atomic E-state index is 6.99. The Morgan fingerprint density at radius 1 is 0.250 bits per heavy atom. The largest absolute Gasteiger partial charge is 0.456 e. The van der Waals surface area contributed by atoms with Crippen molar-refractivity contribution in [1.82, 2.24) is 0 Å². The molecule has 322 valence electrons. The molecule has 0 aliphatic carbocycles. The van der Waals surface area contributed by atoms with Crippen LogP contribution in [0.3, 0.4) is 0 Å². The average molecular weight is 909 g/mol. The van der Waals surface area contributed by atoms with Crippen LogP contribution < -0.4 is 9.80 Å². The molecule has 0 atom stereocenters. The van der Waals surface area contributed by atoms with Crippen molar-refractivity contribution in [2.24, 2.45) is 0 Å². The van der Waals surface area contributed by atoms with E-state index >= 15 is 0 Å². The van der Waals surface area contributed by atoms with E-state index in [4.69, 9.17) is 8.83 Å². The molecule has 0 unspecified atom stereocenters. The fourth-order valence-corrected chi connectivity index (χ4v) is 11.4. The van der Waals surface area contributed by atoms with Gasteiger partial charge in [0.2, 0.25) is 0 Å². The molecule has 2 aromatic heterocycles. The molecule has 6 heteroatoms. The van der Waals surface area contributed by atoms with Crippen LogP contribution in [0.15, 0.2) is 271 Å². The molecule has 0 bridgehead atoms. The Labute approximate surface area is 401 Å². The number of fused-ring (bicyclic) bond motifs is 11. The van der Waals surface area contributed by atoms with Crippen LogP contribution in [-0.2, 0) is 0 Å². The van der Waals surface area contributed by atoms with Gasteiger partial charge in [-0.25, -0.2) is 0 Å². The van der Waals surface area contributed by atoms with Crippen molar-refractivity contribution >= 4 is 123 Å². The van der Waals surface area contributed by atoms with E-state index < -0.39 is 0 Å². The van der Waals surface area contributed by atoms with Crippen molar-refractivity contribution < 1.29 is 8.83 Å². The summed E-state index contributed by atoms with van der Waals surface area (Å²) in [5.74, 6) is 0. The van der Waals surface area contributed by atoms with Crippen LogP contribution >= 0.6 is 23.5 Å². The van der Waals surface area contributed by atoms with E-state index in [2.05, 4.69) is 252 Å². The summed E-state index contributed by atoms with van der Waals surface area (Å²) in [5, 5.41) is 8.72. The molecule has 0 radical (unpaired) electrons. The van der Waals surface area contributed by atoms with Crippen LogP contribution in [0.5, 0.6) is 0 Å². The lowest BCUT2D eigenvalue weighted by Gasteiger charge is -2.27. The van der Waals surface area contributed by atoms with Gasteiger partial charge in [-0.1, -0.05) is 145 Å². The van der Waals surface area contributed by atoms with Crippen LogP contribution in [0.1, 0.15) is 0 Å². The minimum absolute atomic E-state index is 0.817. The Morgan fingerprint density at radius 3 is 0.941 bits per heavy atom. The van der Waals surface area contributed by atoms with Gasteiger partial charge in [0, 0.05) is 86.8 Å². The summed E-state index contributed by atoms with van der Waals surface area (Å²) in [4.78, 5) is 9.48. The Balaban J connectivity index is 0.996. The van der Waals surface area contributed by atoms with Crippen molar-refractivity contribution in [3.8, 4) is 0 Å². The maximum Gasteiger partial charge on any atom is 0.138 e. The van der Waals surface area contributed by atoms with Crippen LogP contribution in [0.4, 0.5) is 34.1 Å². The molecule has 0 N–H and O–H groups in total. The zero-order chi connectivity index (χ0) is 45.0. The average Bonchev–Trinajstić information content (AvgIpc) is 3.97. The second-order valence-corrected chi connectivity index (χ2v) is 19.1. The van der Waals surface area contributed by atoms with E-state index in [1.807, 2.05) is 0 Å². The first-order chi connectivity index (χ1) is 33.7. The molecule has 2 heterocycles. The van der Waals surface area contributed by atoms with Gasteiger partial charge < -0.3 is 18.6 Å². The Bertz CT molecular complexity index is 3690. The molecule has 0 aliphatic heterocycles. The number of benzene rings is 11. The number of anilines is 6. The normalized spacial score (nSPS) is 11.6. The molecule has 0 fully saturated rings. The van der Waals surface area contributed by atoms with Gasteiger partial charge in [0.25, 0.3) is 0 Å². The lowest BCUT2D eigenvalue weighted by atomic mass is 9.96. The highest BCUT2D eigenvalue weighted by Crippen LogP contribution is 2.50. The molecule has 13 rings (SSSR count). The summed E-state index contributed by atoms with van der Waals surface area (Å²) in [5.41, 5.74) is 9.60. The zero-order valence-corrected chi connectivity index (χ0v) is 38.3. The molecule has 11 aromatic carbocycles. The van der Waals surface area contributed by atoms with Gasteiger partial charge >= 0.3 is 0 Å². The smallest absolute Gasteiger partial charge is 0.138 e. The molecule has 0 saturated heterocycles. The van der Waals surface area contributed by atoms with E-state index in [1.54, 1.807) is 23.5 Å². The molecule has 0 saturated carbocycles. The summed E-state index contributed by atoms with van der Waals surface area (Å²) in [7, 11) is 0. The van der Waals surface area contributed by atoms with E-state index in [1.165, 1.54) is 19.6 Å². The van der Waals surface area contributed by atoms with Crippen LogP contribution in [0.25, 0.3) is 65.4 Å². The summed E-state index contributed by atoms with van der Waals surface area (Å²) in [6.45, 7) is 0. The quantitative estimate of drug-likeness (QED) is 0.136. The van der Waals surface area contributed by atoms with Crippen molar-refractivity contribution in [2.45, 2.75) is 19.6 Å². The summed E-state index contributed by atoms with van der Waals surface area (Å²) < 4.78 is 14.0. The zero-order valence-electron chi connectivity index (χ0n) is 36.6. The first-order valence-electron chi connectivity index (χ1n) is 22.7. The van der Waals surface area contributed by atoms with Crippen LogP contribution in [-0.4, -0.2) is 0 Å². The lowest BCUT2D eigenvalue weighted by molar-refractivity contribution is 0.663. The number of furan rings is 2. The van der Waals surface area contributed by atoms with Crippen LogP contribution in [0, 0.1) is 0 Å². The number of hydrogen-bond donors (Lipinski definition) is 0. The molecular formula is C62H40N2O2S2. The number of nitrogens with zero attached hydrogens (tertiary/aromatic N) is 2. The Kier molecular flexibility index (Phi) is 9.99. The first-order valence-corrected chi connectivity index (χ1v) is 24.4. The minimum Gasteiger partial charge on any atom is -0.456 e. The molecule has 68 heavy (non-hydrogen) atoms. The minimum atomic E-state index is 0.817. The maximum absolute atomic E-state index is 6.99. The first kappa shape index (κ1) is 40.1. The van der Waals surface area contributed by atoms with E-state index in [0.29, 0.717) is 0 Å². The predicted octanol–water partition coefficient (Wildman–Crippen LogP) is 19.0. The predicted molar refractivity (Wildman–Crippen MR) is 287 cm³/mol. The van der Waals surface area contributed by atoms with Crippen molar-refractivity contribution in [1.29, 1.82) is 0 Å². The second-order valence-electron chi connectivity index (χ2n) is 16.8. The molecule has 4 nitrogen and oxygen atoms in total. The topological polar surface area (TPSA) is 32.8 Å². The fourth-order valence-electron chi connectivity index (χ4n) is 9.76. The third kappa shape index (κ3) is 7.05. The molecule has 13 aromatic rings. The summed E-state index contributed by atoms with van der Waals surface area (Å²) >= 11 is 3.53. The van der Waals surface area contributed by atoms with Gasteiger partial charge in [0.1, 0.15) is 22.3 Å². The van der Waals surface area contributed by atoms with Crippen LogP contribution in [0.2, 0.25) is 0 Å². The summed E-state index contributed by atoms with van der Waals surface area (Å²) in [6, 6.07) is 86.0. The van der Waals surface area contributed by atoms with E-state index in [0.717, 1.165) is 99.5 Å². The van der Waals surface area contributed by atoms with Crippen molar-refractivity contribution in [3.05, 3.63) is 243 Å². The highest BCUT2D eigenvalue weighted by atomic mass is 32.2. The number of rotatable bonds is 10. The third-order valence-corrected chi connectivity index (χ3v) is 14.7. The van der Waals surface area contributed by atoms with E-state index in [-0.39, 0.29) is 0 Å². The van der Waals surface area contributed by atoms with Gasteiger partial charge in [0.05, 0.1) is 11.4 Å². The number of para-hydroxylation sites is 2.